The van der Waals surface area contributed by atoms with Gasteiger partial charge in [-0.25, -0.2) is 0 Å². The maximum atomic E-state index is 10.7. The molecular weight excluding hydrogens is 244 g/mol. The quantitative estimate of drug-likeness (QED) is 0.864. The zero-order chi connectivity index (χ0) is 13.7. The minimum atomic E-state index is -0.810. The molecule has 1 N–H and O–H groups in total. The van der Waals surface area contributed by atoms with Gasteiger partial charge in [0.05, 0.1) is 19.2 Å². The normalized spacial score (nSPS) is 10.4. The maximum absolute atomic E-state index is 10.7. The van der Waals surface area contributed by atoms with Gasteiger partial charge in [0.15, 0.2) is 5.76 Å². The van der Waals surface area contributed by atoms with E-state index in [0.717, 1.165) is 5.69 Å². The molecule has 0 aliphatic heterocycles. The lowest BCUT2D eigenvalue weighted by Crippen LogP contribution is -2.25. The first kappa shape index (κ1) is 13.1. The van der Waals surface area contributed by atoms with E-state index in [1.54, 1.807) is 12.3 Å². The summed E-state index contributed by atoms with van der Waals surface area (Å²) in [5, 5.41) is 12.5. The lowest BCUT2D eigenvalue weighted by atomic mass is 10.2. The van der Waals surface area contributed by atoms with E-state index >= 15 is 0 Å². The summed E-state index contributed by atoms with van der Waals surface area (Å²) >= 11 is 0. The van der Waals surface area contributed by atoms with Crippen LogP contribution in [0.25, 0.3) is 0 Å². The number of aliphatic carboxylic acids is 1. The first-order chi connectivity index (χ1) is 9.15. The average molecular weight is 260 g/mol. The molecule has 19 heavy (non-hydrogen) atoms. The lowest BCUT2D eigenvalue weighted by Gasteiger charge is -2.23. The molecule has 0 saturated carbocycles. The number of benzene rings is 1. The third kappa shape index (κ3) is 3.84. The summed E-state index contributed by atoms with van der Waals surface area (Å²) in [6.07, 6.45) is 1.67. The van der Waals surface area contributed by atoms with Crippen molar-refractivity contribution in [3.8, 4) is 0 Å². The van der Waals surface area contributed by atoms with Gasteiger partial charge in [0.25, 0.3) is 0 Å². The molecule has 100 valence electrons. The number of rotatable bonds is 6. The third-order valence-corrected chi connectivity index (χ3v) is 2.83. The van der Waals surface area contributed by atoms with Gasteiger partial charge in [0.2, 0.25) is 0 Å². The fraction of sp³-hybridized carbons (Fsp3) is 0.286. The van der Waals surface area contributed by atoms with Gasteiger partial charge in [-0.2, -0.15) is 0 Å². The van der Waals surface area contributed by atoms with E-state index in [1.165, 1.54) is 5.56 Å². The average Bonchev–Trinajstić information content (AvgIpc) is 2.88. The lowest BCUT2D eigenvalue weighted by molar-refractivity contribution is -0.136. The fourth-order valence-electron chi connectivity index (χ4n) is 1.80. The molecule has 0 fully saturated rings. The van der Waals surface area contributed by atoms with Crippen LogP contribution in [0.5, 0.6) is 0 Å². The molecule has 5 nitrogen and oxygen atoms in total. The molecule has 2 aromatic rings. The van der Waals surface area contributed by atoms with Crippen molar-refractivity contribution in [2.75, 3.05) is 11.4 Å². The van der Waals surface area contributed by atoms with E-state index in [2.05, 4.69) is 5.16 Å². The van der Waals surface area contributed by atoms with Crippen molar-refractivity contribution in [3.05, 3.63) is 47.9 Å². The Hall–Kier alpha value is -2.30. The number of aromatic nitrogens is 1. The van der Waals surface area contributed by atoms with Crippen LogP contribution in [0.4, 0.5) is 5.69 Å². The Balaban J connectivity index is 2.13. The molecule has 1 aromatic carbocycles. The highest BCUT2D eigenvalue weighted by Crippen LogP contribution is 2.18. The van der Waals surface area contributed by atoms with E-state index in [0.29, 0.717) is 18.8 Å². The van der Waals surface area contributed by atoms with Crippen molar-refractivity contribution in [3.63, 3.8) is 0 Å². The number of hydrogen-bond acceptors (Lipinski definition) is 4. The SMILES string of the molecule is Cc1ccc(N(CCC(=O)O)Cc2ccno2)cc1. The van der Waals surface area contributed by atoms with E-state index < -0.39 is 5.97 Å². The maximum Gasteiger partial charge on any atom is 0.305 e. The van der Waals surface area contributed by atoms with Crippen LogP contribution in [-0.2, 0) is 11.3 Å². The zero-order valence-corrected chi connectivity index (χ0v) is 10.7. The molecule has 0 spiro atoms. The Bertz CT molecular complexity index is 520. The molecule has 0 radical (unpaired) electrons. The van der Waals surface area contributed by atoms with Crippen molar-refractivity contribution >= 4 is 11.7 Å². The van der Waals surface area contributed by atoms with Crippen molar-refractivity contribution in [2.45, 2.75) is 19.9 Å². The van der Waals surface area contributed by atoms with Crippen LogP contribution in [0.1, 0.15) is 17.7 Å². The Labute approximate surface area is 111 Å². The minimum absolute atomic E-state index is 0.0853. The van der Waals surface area contributed by atoms with Crippen LogP contribution in [-0.4, -0.2) is 22.8 Å². The molecule has 2 rings (SSSR count). The first-order valence-corrected chi connectivity index (χ1v) is 6.08. The van der Waals surface area contributed by atoms with Crippen LogP contribution in [0.15, 0.2) is 41.1 Å². The van der Waals surface area contributed by atoms with Crippen LogP contribution in [0.3, 0.4) is 0 Å². The fourth-order valence-corrected chi connectivity index (χ4v) is 1.80. The molecule has 1 aromatic heterocycles. The third-order valence-electron chi connectivity index (χ3n) is 2.83. The summed E-state index contributed by atoms with van der Waals surface area (Å²) in [5.41, 5.74) is 2.14. The van der Waals surface area contributed by atoms with Crippen molar-refractivity contribution in [1.29, 1.82) is 0 Å². The van der Waals surface area contributed by atoms with E-state index in [4.69, 9.17) is 9.63 Å². The second kappa shape index (κ2) is 6.04. The molecular formula is C14H16N2O3. The monoisotopic (exact) mass is 260 g/mol. The van der Waals surface area contributed by atoms with Crippen molar-refractivity contribution in [1.82, 2.24) is 5.16 Å². The summed E-state index contributed by atoms with van der Waals surface area (Å²) < 4.78 is 5.08. The van der Waals surface area contributed by atoms with Gasteiger partial charge in [-0.1, -0.05) is 22.9 Å². The number of carboxylic acid groups (broad SMARTS) is 1. The van der Waals surface area contributed by atoms with Crippen LogP contribution in [0, 0.1) is 6.92 Å². The molecule has 0 aliphatic carbocycles. The van der Waals surface area contributed by atoms with E-state index in [9.17, 15) is 4.79 Å². The van der Waals surface area contributed by atoms with Crippen LogP contribution < -0.4 is 4.90 Å². The summed E-state index contributed by atoms with van der Waals surface area (Å²) in [7, 11) is 0. The van der Waals surface area contributed by atoms with Gasteiger partial charge in [-0.3, -0.25) is 4.79 Å². The Morgan fingerprint density at radius 1 is 1.32 bits per heavy atom. The number of anilines is 1. The highest BCUT2D eigenvalue weighted by molar-refractivity contribution is 5.67. The van der Waals surface area contributed by atoms with Crippen LogP contribution in [0.2, 0.25) is 0 Å². The van der Waals surface area contributed by atoms with E-state index in [-0.39, 0.29) is 6.42 Å². The summed E-state index contributed by atoms with van der Waals surface area (Å²) in [4.78, 5) is 12.7. The van der Waals surface area contributed by atoms with Gasteiger partial charge >= 0.3 is 5.97 Å². The second-order valence-corrected chi connectivity index (χ2v) is 4.38. The highest BCUT2D eigenvalue weighted by atomic mass is 16.5. The second-order valence-electron chi connectivity index (χ2n) is 4.38. The predicted molar refractivity (Wildman–Crippen MR) is 71.0 cm³/mol. The summed E-state index contributed by atoms with van der Waals surface area (Å²) in [6, 6.07) is 9.75. The van der Waals surface area contributed by atoms with Crippen LogP contribution >= 0.6 is 0 Å². The number of aryl methyl sites for hydroxylation is 1. The van der Waals surface area contributed by atoms with Gasteiger partial charge in [0.1, 0.15) is 0 Å². The molecule has 0 saturated heterocycles. The number of carbonyl (C=O) groups is 1. The van der Waals surface area contributed by atoms with Gasteiger partial charge in [0, 0.05) is 18.3 Å². The summed E-state index contributed by atoms with van der Waals surface area (Å²) in [6.45, 7) is 2.96. The molecule has 0 amide bonds. The molecule has 0 unspecified atom stereocenters. The molecule has 5 heteroatoms. The number of carboxylic acids is 1. The molecule has 0 atom stereocenters. The Morgan fingerprint density at radius 3 is 2.63 bits per heavy atom. The van der Waals surface area contributed by atoms with Crippen molar-refractivity contribution < 1.29 is 14.4 Å². The predicted octanol–water partition coefficient (Wildman–Crippen LogP) is 2.46. The highest BCUT2D eigenvalue weighted by Gasteiger charge is 2.11. The van der Waals surface area contributed by atoms with Gasteiger partial charge in [-0.05, 0) is 19.1 Å². The molecule has 0 bridgehead atoms. The Morgan fingerprint density at radius 2 is 2.05 bits per heavy atom. The van der Waals surface area contributed by atoms with Gasteiger partial charge < -0.3 is 14.5 Å². The molecule has 1 heterocycles. The first-order valence-electron chi connectivity index (χ1n) is 6.08. The number of nitrogens with zero attached hydrogens (tertiary/aromatic N) is 2. The molecule has 0 aliphatic rings. The van der Waals surface area contributed by atoms with Crippen molar-refractivity contribution in [2.24, 2.45) is 0 Å². The van der Waals surface area contributed by atoms with Gasteiger partial charge in [-0.15, -0.1) is 0 Å². The summed E-state index contributed by atoms with van der Waals surface area (Å²) in [5.74, 6) is -0.0966. The van der Waals surface area contributed by atoms with E-state index in [1.807, 2.05) is 36.1 Å². The topological polar surface area (TPSA) is 66.6 Å². The smallest absolute Gasteiger partial charge is 0.305 e. The standard InChI is InChI=1S/C14H16N2O3/c1-11-2-4-12(5-3-11)16(9-7-14(17)18)10-13-6-8-15-19-13/h2-6,8H,7,9-10H2,1H3,(H,17,18). The Kier molecular flexibility index (Phi) is 4.18. The zero-order valence-electron chi connectivity index (χ0n) is 10.7. The number of hydrogen-bond donors (Lipinski definition) is 1. The minimum Gasteiger partial charge on any atom is -0.481 e. The largest absolute Gasteiger partial charge is 0.481 e.